The number of aliphatic hydroxyl groups is 2. The molecule has 1 atom stereocenters. The highest BCUT2D eigenvalue weighted by Crippen LogP contribution is 2.24. The summed E-state index contributed by atoms with van der Waals surface area (Å²) in [6.07, 6.45) is 5.45. The van der Waals surface area contributed by atoms with Crippen molar-refractivity contribution in [1.29, 1.82) is 5.39 Å². The minimum atomic E-state index is -4.07. The van der Waals surface area contributed by atoms with E-state index in [1.54, 1.807) is 18.2 Å². The van der Waals surface area contributed by atoms with Crippen LogP contribution in [0.2, 0.25) is 0 Å². The van der Waals surface area contributed by atoms with Gasteiger partial charge in [0.15, 0.2) is 4.98 Å². The fourth-order valence-corrected chi connectivity index (χ4v) is 3.80. The molecule has 1 aromatic carbocycles. The topological polar surface area (TPSA) is 103 Å². The fourth-order valence-electron chi connectivity index (χ4n) is 2.54. The van der Waals surface area contributed by atoms with Gasteiger partial charge in [-0.3, -0.25) is 0 Å². The minimum absolute atomic E-state index is 0.0253. The maximum Gasteiger partial charge on any atom is 0.515 e. The smallest absolute Gasteiger partial charge is 0.504 e. The summed E-state index contributed by atoms with van der Waals surface area (Å²) in [6.45, 7) is 2.12. The summed E-state index contributed by atoms with van der Waals surface area (Å²) in [5.41, 5.74) is 0. The number of hydrogen-bond acceptors (Lipinski definition) is 5. The van der Waals surface area contributed by atoms with Crippen LogP contribution < -0.4 is 0 Å². The van der Waals surface area contributed by atoms with Gasteiger partial charge in [-0.1, -0.05) is 50.8 Å². The van der Waals surface area contributed by atoms with Crippen molar-refractivity contribution in [3.8, 4) is 0 Å². The maximum atomic E-state index is 12.4. The Balaban J connectivity index is 2.63. The summed E-state index contributed by atoms with van der Waals surface area (Å²) in [5, 5.41) is 28.2. The molecule has 0 aliphatic heterocycles. The molecule has 7 heteroatoms. The zero-order valence-corrected chi connectivity index (χ0v) is 15.5. The van der Waals surface area contributed by atoms with Crippen molar-refractivity contribution in [2.24, 2.45) is 0 Å². The Morgan fingerprint density at radius 1 is 1.12 bits per heavy atom. The number of diazo groups is 1. The van der Waals surface area contributed by atoms with E-state index >= 15 is 0 Å². The first kappa shape index (κ1) is 21.1. The van der Waals surface area contributed by atoms with Gasteiger partial charge < -0.3 is 10.2 Å². The molecule has 0 bridgehead atoms. The SMILES string of the molecule is CCCCCCC(O)CCC/C(O)=C(\[N+]#N)S(=O)(=O)c1ccccc1. The summed E-state index contributed by atoms with van der Waals surface area (Å²) in [6, 6.07) is 7.50. The van der Waals surface area contributed by atoms with Crippen LogP contribution in [-0.2, 0) is 9.84 Å². The molecular formula is C18H27N2O4S+. The Hall–Kier alpha value is -1.91. The molecule has 1 aromatic rings. The van der Waals surface area contributed by atoms with Gasteiger partial charge in [-0.05, 0) is 31.4 Å². The van der Waals surface area contributed by atoms with Gasteiger partial charge in [0.2, 0.25) is 11.2 Å². The number of unbranched alkanes of at least 4 members (excludes halogenated alkanes) is 3. The van der Waals surface area contributed by atoms with Crippen LogP contribution in [0.5, 0.6) is 0 Å². The van der Waals surface area contributed by atoms with E-state index in [2.05, 4.69) is 11.9 Å². The van der Waals surface area contributed by atoms with E-state index in [1.165, 1.54) is 12.1 Å². The van der Waals surface area contributed by atoms with Crippen LogP contribution in [0.15, 0.2) is 46.0 Å². The number of benzene rings is 1. The zero-order chi connectivity index (χ0) is 18.7. The Kier molecular flexibility index (Phi) is 9.17. The summed E-state index contributed by atoms with van der Waals surface area (Å²) in [4.78, 5) is 2.73. The largest absolute Gasteiger partial charge is 0.515 e. The molecule has 6 nitrogen and oxygen atoms in total. The quantitative estimate of drug-likeness (QED) is 0.339. The van der Waals surface area contributed by atoms with Crippen molar-refractivity contribution in [2.45, 2.75) is 69.3 Å². The highest BCUT2D eigenvalue weighted by Gasteiger charge is 2.36. The van der Waals surface area contributed by atoms with Gasteiger partial charge in [-0.25, -0.2) is 8.42 Å². The molecule has 0 amide bonds. The molecule has 0 saturated heterocycles. The Bertz CT molecular complexity index is 694. The average Bonchev–Trinajstić information content (AvgIpc) is 2.60. The highest BCUT2D eigenvalue weighted by molar-refractivity contribution is 7.95. The Labute approximate surface area is 149 Å². The zero-order valence-electron chi connectivity index (χ0n) is 14.6. The van der Waals surface area contributed by atoms with Gasteiger partial charge in [0, 0.05) is 6.42 Å². The van der Waals surface area contributed by atoms with Crippen LogP contribution in [0.1, 0.15) is 58.3 Å². The molecule has 0 saturated carbocycles. The number of aliphatic hydroxyl groups excluding tert-OH is 2. The summed E-state index contributed by atoms with van der Waals surface area (Å²) in [5.74, 6) is -0.496. The molecule has 0 aliphatic rings. The lowest BCUT2D eigenvalue weighted by molar-refractivity contribution is 0.147. The molecule has 1 rings (SSSR count). The van der Waals surface area contributed by atoms with E-state index < -0.39 is 26.7 Å². The van der Waals surface area contributed by atoms with Crippen LogP contribution in [0.4, 0.5) is 0 Å². The summed E-state index contributed by atoms with van der Waals surface area (Å²) < 4.78 is 24.8. The van der Waals surface area contributed by atoms with E-state index in [-0.39, 0.29) is 11.3 Å². The van der Waals surface area contributed by atoms with Crippen LogP contribution in [0.3, 0.4) is 0 Å². The van der Waals surface area contributed by atoms with Gasteiger partial charge in [0.25, 0.3) is 9.84 Å². The first-order valence-corrected chi connectivity index (χ1v) is 10.2. The van der Waals surface area contributed by atoms with Crippen LogP contribution in [-0.4, -0.2) is 24.7 Å². The van der Waals surface area contributed by atoms with E-state index in [9.17, 15) is 18.6 Å². The average molecular weight is 367 g/mol. The Morgan fingerprint density at radius 3 is 2.36 bits per heavy atom. The van der Waals surface area contributed by atoms with Crippen molar-refractivity contribution < 1.29 is 18.6 Å². The number of sulfone groups is 1. The number of allylic oxidation sites excluding steroid dienone is 1. The van der Waals surface area contributed by atoms with Gasteiger partial charge in [0.1, 0.15) is 0 Å². The predicted molar refractivity (Wildman–Crippen MR) is 97.0 cm³/mol. The maximum absolute atomic E-state index is 12.4. The first-order chi connectivity index (χ1) is 11.9. The lowest BCUT2D eigenvalue weighted by Crippen LogP contribution is -2.08. The fraction of sp³-hybridized carbons (Fsp3) is 0.556. The number of hydrogen-bond donors (Lipinski definition) is 2. The van der Waals surface area contributed by atoms with Crippen molar-refractivity contribution >= 4 is 9.84 Å². The van der Waals surface area contributed by atoms with Crippen molar-refractivity contribution in [2.75, 3.05) is 0 Å². The van der Waals surface area contributed by atoms with Gasteiger partial charge in [-0.2, -0.15) is 0 Å². The van der Waals surface area contributed by atoms with E-state index in [0.29, 0.717) is 19.3 Å². The van der Waals surface area contributed by atoms with Crippen LogP contribution >= 0.6 is 0 Å². The second-order valence-electron chi connectivity index (χ2n) is 6.06. The molecule has 138 valence electrons. The number of rotatable bonds is 11. The lowest BCUT2D eigenvalue weighted by atomic mass is 10.0. The molecular weight excluding hydrogens is 340 g/mol. The van der Waals surface area contributed by atoms with E-state index in [4.69, 9.17) is 5.39 Å². The van der Waals surface area contributed by atoms with Crippen molar-refractivity contribution in [1.82, 2.24) is 0 Å². The molecule has 2 N–H and O–H groups in total. The third kappa shape index (κ3) is 6.85. The minimum Gasteiger partial charge on any atom is -0.504 e. The van der Waals surface area contributed by atoms with Crippen molar-refractivity contribution in [3.05, 3.63) is 46.1 Å². The monoisotopic (exact) mass is 367 g/mol. The van der Waals surface area contributed by atoms with Crippen LogP contribution in [0.25, 0.3) is 4.98 Å². The second-order valence-corrected chi connectivity index (χ2v) is 7.93. The third-order valence-electron chi connectivity index (χ3n) is 3.99. The van der Waals surface area contributed by atoms with Crippen LogP contribution in [0, 0.1) is 5.39 Å². The van der Waals surface area contributed by atoms with Gasteiger partial charge >= 0.3 is 5.03 Å². The first-order valence-electron chi connectivity index (χ1n) is 8.68. The van der Waals surface area contributed by atoms with E-state index in [1.807, 2.05) is 0 Å². The normalized spacial score (nSPS) is 13.8. The molecule has 0 fully saturated rings. The molecule has 0 heterocycles. The highest BCUT2D eigenvalue weighted by atomic mass is 32.2. The molecule has 25 heavy (non-hydrogen) atoms. The lowest BCUT2D eigenvalue weighted by Gasteiger charge is -2.09. The molecule has 1 unspecified atom stereocenters. The molecule has 0 spiro atoms. The van der Waals surface area contributed by atoms with Gasteiger partial charge in [0.05, 0.1) is 11.0 Å². The van der Waals surface area contributed by atoms with E-state index in [0.717, 1.165) is 25.7 Å². The molecule has 0 radical (unpaired) electrons. The standard InChI is InChI=1S/C18H26N2O4S/c1-2-3-4-6-10-15(21)11-9-14-17(22)18(20-19)25(23,24)16-12-7-5-8-13-16/h5,7-8,12-13,15,21H,2-4,6,9-11,14H2,1H3/p+1/b18-17-. The summed E-state index contributed by atoms with van der Waals surface area (Å²) >= 11 is 0. The van der Waals surface area contributed by atoms with Gasteiger partial charge in [-0.15, -0.1) is 0 Å². The predicted octanol–water partition coefficient (Wildman–Crippen LogP) is 4.54. The van der Waals surface area contributed by atoms with Crippen molar-refractivity contribution in [3.63, 3.8) is 0 Å². The summed E-state index contributed by atoms with van der Waals surface area (Å²) in [7, 11) is -4.07. The molecule has 0 aromatic heterocycles. The second kappa shape index (κ2) is 10.9. The number of nitrogens with zero attached hydrogens (tertiary/aromatic N) is 2. The third-order valence-corrected chi connectivity index (χ3v) is 5.71. The molecule has 0 aliphatic carbocycles. The Morgan fingerprint density at radius 2 is 1.76 bits per heavy atom.